The average molecular weight is 389 g/mol. The molecule has 0 amide bonds. The van der Waals surface area contributed by atoms with Crippen molar-refractivity contribution in [1.82, 2.24) is 4.90 Å². The van der Waals surface area contributed by atoms with Crippen molar-refractivity contribution in [3.05, 3.63) is 0 Å². The molecule has 2 N–H and O–H groups in total. The van der Waals surface area contributed by atoms with Gasteiger partial charge in [-0.25, -0.2) is 8.42 Å². The van der Waals surface area contributed by atoms with E-state index in [2.05, 4.69) is 11.9 Å². The Labute approximate surface area is 127 Å². The SMILES string of the molecule is CCS(=O)(=O)CCN=C(N)N1CCC(C)CC1.I. The van der Waals surface area contributed by atoms with Crippen LogP contribution in [0.5, 0.6) is 0 Å². The van der Waals surface area contributed by atoms with Gasteiger partial charge in [-0.2, -0.15) is 0 Å². The molecule has 1 aliphatic rings. The van der Waals surface area contributed by atoms with Gasteiger partial charge in [0.25, 0.3) is 0 Å². The largest absolute Gasteiger partial charge is 0.370 e. The van der Waals surface area contributed by atoms with Crippen molar-refractivity contribution in [3.63, 3.8) is 0 Å². The summed E-state index contributed by atoms with van der Waals surface area (Å²) in [6.07, 6.45) is 2.26. The molecule has 0 aliphatic carbocycles. The summed E-state index contributed by atoms with van der Waals surface area (Å²) >= 11 is 0. The monoisotopic (exact) mass is 389 g/mol. The van der Waals surface area contributed by atoms with Crippen molar-refractivity contribution in [2.75, 3.05) is 31.1 Å². The first-order valence-corrected chi connectivity index (χ1v) is 8.02. The topological polar surface area (TPSA) is 75.8 Å². The number of hydrogen-bond donors (Lipinski definition) is 1. The van der Waals surface area contributed by atoms with Gasteiger partial charge in [0, 0.05) is 18.8 Å². The lowest BCUT2D eigenvalue weighted by Gasteiger charge is -2.31. The number of likely N-dealkylation sites (tertiary alicyclic amines) is 1. The minimum Gasteiger partial charge on any atom is -0.370 e. The van der Waals surface area contributed by atoms with Crippen LogP contribution < -0.4 is 5.73 Å². The van der Waals surface area contributed by atoms with Crippen LogP contribution in [-0.2, 0) is 9.84 Å². The molecule has 7 heteroatoms. The van der Waals surface area contributed by atoms with Crippen molar-refractivity contribution in [2.45, 2.75) is 26.7 Å². The summed E-state index contributed by atoms with van der Waals surface area (Å²) in [7, 11) is -2.94. The van der Waals surface area contributed by atoms with E-state index in [1.165, 1.54) is 0 Å². The molecular formula is C11H24IN3O2S. The number of sulfone groups is 1. The van der Waals surface area contributed by atoms with Crippen LogP contribution in [-0.4, -0.2) is 50.4 Å². The molecule has 0 atom stereocenters. The Balaban J connectivity index is 0.00000289. The maximum atomic E-state index is 11.3. The number of nitrogens with zero attached hydrogens (tertiary/aromatic N) is 2. The summed E-state index contributed by atoms with van der Waals surface area (Å²) in [6, 6.07) is 0. The van der Waals surface area contributed by atoms with E-state index < -0.39 is 9.84 Å². The van der Waals surface area contributed by atoms with Crippen molar-refractivity contribution in [1.29, 1.82) is 0 Å². The number of rotatable bonds is 4. The fourth-order valence-electron chi connectivity index (χ4n) is 1.78. The van der Waals surface area contributed by atoms with E-state index >= 15 is 0 Å². The van der Waals surface area contributed by atoms with Crippen molar-refractivity contribution in [3.8, 4) is 0 Å². The molecule has 108 valence electrons. The molecule has 0 aromatic heterocycles. The summed E-state index contributed by atoms with van der Waals surface area (Å²) in [4.78, 5) is 6.19. The average Bonchev–Trinajstić information content (AvgIpc) is 2.29. The molecule has 0 bridgehead atoms. The molecule has 1 heterocycles. The molecule has 5 nitrogen and oxygen atoms in total. The van der Waals surface area contributed by atoms with Gasteiger partial charge >= 0.3 is 0 Å². The van der Waals surface area contributed by atoms with Crippen molar-refractivity contribution < 1.29 is 8.42 Å². The number of aliphatic imine (C=N–C) groups is 1. The van der Waals surface area contributed by atoms with Crippen molar-refractivity contribution in [2.24, 2.45) is 16.6 Å². The van der Waals surface area contributed by atoms with Crippen molar-refractivity contribution >= 4 is 39.8 Å². The van der Waals surface area contributed by atoms with Gasteiger partial charge in [0.1, 0.15) is 0 Å². The lowest BCUT2D eigenvalue weighted by atomic mass is 10.00. The van der Waals surface area contributed by atoms with Gasteiger partial charge in [-0.05, 0) is 18.8 Å². The van der Waals surface area contributed by atoms with E-state index in [1.54, 1.807) is 6.92 Å². The van der Waals surface area contributed by atoms with E-state index in [0.717, 1.165) is 31.8 Å². The number of guanidine groups is 1. The number of hydrogen-bond acceptors (Lipinski definition) is 3. The van der Waals surface area contributed by atoms with Crippen LogP contribution in [0.3, 0.4) is 0 Å². The van der Waals surface area contributed by atoms with Crippen LogP contribution >= 0.6 is 24.0 Å². The predicted octanol–water partition coefficient (Wildman–Crippen LogP) is 1.09. The number of nitrogens with two attached hydrogens (primary N) is 1. The van der Waals surface area contributed by atoms with Crippen LogP contribution in [0.1, 0.15) is 26.7 Å². The van der Waals surface area contributed by atoms with E-state index in [0.29, 0.717) is 5.96 Å². The highest BCUT2D eigenvalue weighted by molar-refractivity contribution is 14.0. The lowest BCUT2D eigenvalue weighted by Crippen LogP contribution is -2.42. The Morgan fingerprint density at radius 1 is 1.39 bits per heavy atom. The summed E-state index contributed by atoms with van der Waals surface area (Å²) in [6.45, 7) is 6.01. The fourth-order valence-corrected chi connectivity index (χ4v) is 2.44. The van der Waals surface area contributed by atoms with Crippen LogP contribution in [0.2, 0.25) is 0 Å². The molecule has 1 aliphatic heterocycles. The first-order chi connectivity index (χ1) is 7.94. The molecule has 0 aromatic rings. The van der Waals surface area contributed by atoms with Crippen LogP contribution in [0.4, 0.5) is 0 Å². The third-order valence-electron chi connectivity index (χ3n) is 3.22. The zero-order valence-electron chi connectivity index (χ0n) is 11.1. The molecule has 0 aromatic carbocycles. The van der Waals surface area contributed by atoms with Gasteiger partial charge in [0.05, 0.1) is 12.3 Å². The first kappa shape index (κ1) is 17.9. The summed E-state index contributed by atoms with van der Waals surface area (Å²) < 4.78 is 22.6. The van der Waals surface area contributed by atoms with Gasteiger partial charge < -0.3 is 10.6 Å². The molecular weight excluding hydrogens is 365 g/mol. The molecule has 1 saturated heterocycles. The predicted molar refractivity (Wildman–Crippen MR) is 86.2 cm³/mol. The molecule has 0 unspecified atom stereocenters. The fraction of sp³-hybridized carbons (Fsp3) is 0.909. The van der Waals surface area contributed by atoms with Crippen LogP contribution in [0.15, 0.2) is 4.99 Å². The van der Waals surface area contributed by atoms with E-state index in [9.17, 15) is 8.42 Å². The Morgan fingerprint density at radius 2 is 1.94 bits per heavy atom. The highest BCUT2D eigenvalue weighted by atomic mass is 127. The highest BCUT2D eigenvalue weighted by Crippen LogP contribution is 2.15. The molecule has 0 radical (unpaired) electrons. The third-order valence-corrected chi connectivity index (χ3v) is 4.91. The minimum absolute atomic E-state index is 0. The summed E-state index contributed by atoms with van der Waals surface area (Å²) in [5.41, 5.74) is 5.85. The zero-order chi connectivity index (χ0) is 12.9. The van der Waals surface area contributed by atoms with Crippen LogP contribution in [0.25, 0.3) is 0 Å². The van der Waals surface area contributed by atoms with Gasteiger partial charge in [-0.3, -0.25) is 4.99 Å². The summed E-state index contributed by atoms with van der Waals surface area (Å²) in [5.74, 6) is 1.50. The lowest BCUT2D eigenvalue weighted by molar-refractivity contribution is 0.278. The normalized spacial score (nSPS) is 18.6. The van der Waals surface area contributed by atoms with E-state index in [-0.39, 0.29) is 42.0 Å². The molecule has 1 fully saturated rings. The highest BCUT2D eigenvalue weighted by Gasteiger charge is 2.17. The van der Waals surface area contributed by atoms with Gasteiger partial charge in [0.15, 0.2) is 15.8 Å². The Bertz CT molecular complexity index is 362. The standard InChI is InChI=1S/C11H23N3O2S.HI/c1-3-17(15,16)9-6-13-11(12)14-7-4-10(2)5-8-14;/h10H,3-9H2,1-2H3,(H2,12,13);1H. The smallest absolute Gasteiger partial charge is 0.191 e. The Hall–Kier alpha value is -0.0500. The molecule has 0 saturated carbocycles. The van der Waals surface area contributed by atoms with Gasteiger partial charge in [-0.1, -0.05) is 13.8 Å². The Morgan fingerprint density at radius 3 is 2.44 bits per heavy atom. The quantitative estimate of drug-likeness (QED) is 0.444. The maximum Gasteiger partial charge on any atom is 0.191 e. The zero-order valence-corrected chi connectivity index (χ0v) is 14.3. The molecule has 18 heavy (non-hydrogen) atoms. The maximum absolute atomic E-state index is 11.3. The first-order valence-electron chi connectivity index (χ1n) is 6.20. The Kier molecular flexibility index (Phi) is 8.16. The minimum atomic E-state index is -2.94. The second kappa shape index (κ2) is 8.19. The number of halogens is 1. The van der Waals surface area contributed by atoms with Gasteiger partial charge in [-0.15, -0.1) is 24.0 Å². The second-order valence-corrected chi connectivity index (χ2v) is 7.12. The summed E-state index contributed by atoms with van der Waals surface area (Å²) in [5, 5.41) is 0. The third kappa shape index (κ3) is 6.21. The molecule has 1 rings (SSSR count). The van der Waals surface area contributed by atoms with E-state index in [1.807, 2.05) is 4.90 Å². The van der Waals surface area contributed by atoms with Crippen LogP contribution in [0, 0.1) is 5.92 Å². The van der Waals surface area contributed by atoms with Gasteiger partial charge in [0.2, 0.25) is 0 Å². The number of piperidine rings is 1. The molecule has 0 spiro atoms. The second-order valence-electron chi connectivity index (χ2n) is 4.65. The van der Waals surface area contributed by atoms with E-state index in [4.69, 9.17) is 5.73 Å².